The van der Waals surface area contributed by atoms with E-state index in [1.54, 1.807) is 0 Å². The average molecular weight is 456 g/mol. The Morgan fingerprint density at radius 2 is 1.55 bits per heavy atom. The highest BCUT2D eigenvalue weighted by Gasteiger charge is 2.51. The molecule has 0 spiro atoms. The summed E-state index contributed by atoms with van der Waals surface area (Å²) in [5, 5.41) is -1.58. The van der Waals surface area contributed by atoms with Crippen molar-refractivity contribution < 1.29 is 44.3 Å². The predicted molar refractivity (Wildman–Crippen MR) is 81.5 cm³/mol. The quantitative estimate of drug-likeness (QED) is 0.516. The number of allylic oxidation sites excluding steroid dienone is 1. The van der Waals surface area contributed by atoms with Gasteiger partial charge in [-0.1, -0.05) is 17.7 Å². The van der Waals surface area contributed by atoms with E-state index in [4.69, 9.17) is 17.4 Å². The summed E-state index contributed by atoms with van der Waals surface area (Å²) in [6.07, 6.45) is -18.0. The molecule has 0 saturated carbocycles. The highest BCUT2D eigenvalue weighted by molar-refractivity contribution is 6.42. The summed E-state index contributed by atoms with van der Waals surface area (Å²) < 4.78 is 119. The lowest BCUT2D eigenvalue weighted by Gasteiger charge is -2.44. The number of benzene rings is 1. The Morgan fingerprint density at radius 3 is 1.97 bits per heavy atom. The third kappa shape index (κ3) is 4.25. The van der Waals surface area contributed by atoms with Crippen molar-refractivity contribution >= 4 is 17.5 Å². The van der Waals surface area contributed by atoms with Crippen molar-refractivity contribution in [3.63, 3.8) is 0 Å². The van der Waals surface area contributed by atoms with E-state index in [2.05, 4.69) is 0 Å². The van der Waals surface area contributed by atoms with E-state index in [9.17, 15) is 44.3 Å². The zero-order valence-corrected chi connectivity index (χ0v) is 14.9. The third-order valence-corrected chi connectivity index (χ3v) is 4.39. The standard InChI is InChI=1S/C15H11ClF9N3O/c1-2-27-11(28(26)10(15(23,24)25)9(16)12(27)29)7-4-3-6(13(17,18)19)5-8(7)14(20,21)22/h3-5,11H,2,26H2,1H3. The van der Waals surface area contributed by atoms with E-state index >= 15 is 0 Å². The molecule has 0 fully saturated rings. The number of likely N-dealkylation sites (N-methyl/N-ethyl adjacent to an activating group) is 1. The Morgan fingerprint density at radius 1 is 1.00 bits per heavy atom. The van der Waals surface area contributed by atoms with E-state index in [0.29, 0.717) is 11.0 Å². The molecule has 2 rings (SSSR count). The van der Waals surface area contributed by atoms with Crippen molar-refractivity contribution in [2.75, 3.05) is 6.54 Å². The second-order valence-electron chi connectivity index (χ2n) is 5.83. The Kier molecular flexibility index (Phi) is 5.80. The summed E-state index contributed by atoms with van der Waals surface area (Å²) in [6.45, 7) is 0.787. The average Bonchev–Trinajstić information content (AvgIpc) is 2.54. The second-order valence-corrected chi connectivity index (χ2v) is 6.21. The Bertz CT molecular complexity index is 845. The van der Waals surface area contributed by atoms with Crippen LogP contribution in [0.25, 0.3) is 0 Å². The van der Waals surface area contributed by atoms with Gasteiger partial charge in [-0.25, -0.2) is 5.84 Å². The lowest BCUT2D eigenvalue weighted by atomic mass is 9.98. The largest absolute Gasteiger partial charge is 0.434 e. The summed E-state index contributed by atoms with van der Waals surface area (Å²) in [4.78, 5) is 12.7. The number of carbonyl (C=O) groups is 1. The molecule has 1 amide bonds. The van der Waals surface area contributed by atoms with Crippen LogP contribution in [0.1, 0.15) is 29.8 Å². The van der Waals surface area contributed by atoms with Crippen LogP contribution >= 0.6 is 11.6 Å². The minimum atomic E-state index is -5.39. The molecule has 1 heterocycles. The minimum Gasteiger partial charge on any atom is -0.312 e. The van der Waals surface area contributed by atoms with Crippen LogP contribution in [0, 0.1) is 0 Å². The van der Waals surface area contributed by atoms with Crippen LogP contribution in [0.15, 0.2) is 28.9 Å². The number of hydrogen-bond acceptors (Lipinski definition) is 3. The van der Waals surface area contributed by atoms with E-state index in [0.717, 1.165) is 0 Å². The van der Waals surface area contributed by atoms with E-state index in [1.165, 1.54) is 6.92 Å². The van der Waals surface area contributed by atoms with Crippen molar-refractivity contribution in [1.29, 1.82) is 0 Å². The first kappa shape index (κ1) is 23.1. The Balaban J connectivity index is 2.79. The van der Waals surface area contributed by atoms with Gasteiger partial charge in [-0.05, 0) is 19.1 Å². The van der Waals surface area contributed by atoms with Crippen LogP contribution in [-0.2, 0) is 17.1 Å². The topological polar surface area (TPSA) is 49.6 Å². The fraction of sp³-hybridized carbons (Fsp3) is 0.400. The maximum Gasteiger partial charge on any atom is 0.434 e. The molecule has 2 N–H and O–H groups in total. The third-order valence-electron chi connectivity index (χ3n) is 4.05. The predicted octanol–water partition coefficient (Wildman–Crippen LogP) is 4.77. The van der Waals surface area contributed by atoms with Gasteiger partial charge in [-0.3, -0.25) is 9.80 Å². The summed E-state index contributed by atoms with van der Waals surface area (Å²) in [5.74, 6) is 3.91. The molecule has 1 atom stereocenters. The fourth-order valence-electron chi connectivity index (χ4n) is 2.83. The van der Waals surface area contributed by atoms with E-state index in [-0.39, 0.29) is 17.1 Å². The summed E-state index contributed by atoms with van der Waals surface area (Å²) in [5.41, 5.74) is -6.55. The number of nitrogens with zero attached hydrogens (tertiary/aromatic N) is 2. The second kappa shape index (κ2) is 7.27. The van der Waals surface area contributed by atoms with Gasteiger partial charge in [0, 0.05) is 12.1 Å². The van der Waals surface area contributed by atoms with Gasteiger partial charge in [0.15, 0.2) is 5.70 Å². The smallest absolute Gasteiger partial charge is 0.312 e. The van der Waals surface area contributed by atoms with Gasteiger partial charge in [0.25, 0.3) is 5.91 Å². The maximum absolute atomic E-state index is 13.4. The number of hydrazine groups is 1. The van der Waals surface area contributed by atoms with Gasteiger partial charge in [0.1, 0.15) is 11.2 Å². The zero-order valence-electron chi connectivity index (χ0n) is 14.2. The number of amides is 1. The molecule has 1 unspecified atom stereocenters. The molecular weight excluding hydrogens is 445 g/mol. The van der Waals surface area contributed by atoms with Gasteiger partial charge < -0.3 is 4.90 Å². The molecule has 4 nitrogen and oxygen atoms in total. The van der Waals surface area contributed by atoms with Gasteiger partial charge in [0.2, 0.25) is 0 Å². The van der Waals surface area contributed by atoms with Crippen molar-refractivity contribution in [1.82, 2.24) is 9.91 Å². The van der Waals surface area contributed by atoms with Crippen molar-refractivity contribution in [2.45, 2.75) is 31.6 Å². The number of nitrogens with two attached hydrogens (primary N) is 1. The number of rotatable bonds is 2. The molecule has 0 radical (unpaired) electrons. The molecule has 14 heteroatoms. The molecule has 29 heavy (non-hydrogen) atoms. The molecule has 1 aliphatic heterocycles. The molecule has 0 aromatic heterocycles. The highest BCUT2D eigenvalue weighted by Crippen LogP contribution is 2.45. The first-order valence-electron chi connectivity index (χ1n) is 7.62. The highest BCUT2D eigenvalue weighted by atomic mass is 35.5. The lowest BCUT2D eigenvalue weighted by Crippen LogP contribution is -2.54. The molecule has 0 bridgehead atoms. The Hall–Kier alpha value is -2.15. The summed E-state index contributed by atoms with van der Waals surface area (Å²) in [6, 6.07) is 0.331. The van der Waals surface area contributed by atoms with Crippen LogP contribution in [0.4, 0.5) is 39.5 Å². The number of carbonyl (C=O) groups excluding carboxylic acids is 1. The fourth-order valence-corrected chi connectivity index (χ4v) is 3.15. The lowest BCUT2D eigenvalue weighted by molar-refractivity contribution is -0.154. The number of alkyl halides is 9. The van der Waals surface area contributed by atoms with Gasteiger partial charge >= 0.3 is 18.5 Å². The number of hydrogen-bond donors (Lipinski definition) is 1. The molecular formula is C15H11ClF9N3O. The monoisotopic (exact) mass is 455 g/mol. The summed E-state index contributed by atoms with van der Waals surface area (Å²) >= 11 is 5.43. The Labute approximate surface area is 162 Å². The zero-order chi connectivity index (χ0) is 22.5. The summed E-state index contributed by atoms with van der Waals surface area (Å²) in [7, 11) is 0. The van der Waals surface area contributed by atoms with E-state index in [1.807, 2.05) is 0 Å². The van der Waals surface area contributed by atoms with Crippen LogP contribution in [0.3, 0.4) is 0 Å². The van der Waals surface area contributed by atoms with Crippen molar-refractivity contribution in [3.8, 4) is 0 Å². The molecule has 1 aromatic rings. The van der Waals surface area contributed by atoms with Gasteiger partial charge in [-0.2, -0.15) is 39.5 Å². The molecule has 162 valence electrons. The van der Waals surface area contributed by atoms with E-state index < -0.39 is 64.6 Å². The van der Waals surface area contributed by atoms with Crippen LogP contribution in [0.2, 0.25) is 0 Å². The van der Waals surface area contributed by atoms with Crippen molar-refractivity contribution in [3.05, 3.63) is 45.6 Å². The maximum atomic E-state index is 13.4. The SMILES string of the molecule is CCN1C(=O)C(Cl)=C(C(F)(F)F)N(N)C1c1ccc(C(F)(F)F)cc1C(F)(F)F. The van der Waals surface area contributed by atoms with Gasteiger partial charge in [0.05, 0.1) is 11.1 Å². The van der Waals surface area contributed by atoms with Crippen molar-refractivity contribution in [2.24, 2.45) is 5.84 Å². The molecule has 1 aromatic carbocycles. The minimum absolute atomic E-state index is 0.203. The van der Waals surface area contributed by atoms with Crippen LogP contribution in [0.5, 0.6) is 0 Å². The van der Waals surface area contributed by atoms with Crippen LogP contribution < -0.4 is 5.84 Å². The van der Waals surface area contributed by atoms with Gasteiger partial charge in [-0.15, -0.1) is 0 Å². The molecule has 0 aliphatic carbocycles. The normalized spacial score (nSPS) is 19.3. The first-order valence-corrected chi connectivity index (χ1v) is 7.99. The first-order chi connectivity index (χ1) is 13.0. The van der Waals surface area contributed by atoms with Crippen LogP contribution in [-0.4, -0.2) is 28.5 Å². The molecule has 1 aliphatic rings. The molecule has 0 saturated heterocycles. The number of halogens is 10.